The van der Waals surface area contributed by atoms with E-state index in [0.717, 1.165) is 11.1 Å². The van der Waals surface area contributed by atoms with E-state index < -0.39 is 40.2 Å². The van der Waals surface area contributed by atoms with Crippen LogP contribution in [0.5, 0.6) is 5.75 Å². The Morgan fingerprint density at radius 3 is 2.54 bits per heavy atom. The molecule has 0 radical (unpaired) electrons. The number of carbonyl (C=O) groups excluding carboxylic acids is 2. The van der Waals surface area contributed by atoms with Crippen molar-refractivity contribution in [3.05, 3.63) is 71.5 Å². The fourth-order valence-corrected chi connectivity index (χ4v) is 6.00. The first-order valence-corrected chi connectivity index (χ1v) is 14.1. The topological polar surface area (TPSA) is 105 Å². The number of carbonyl (C=O) groups is 2. The van der Waals surface area contributed by atoms with Crippen molar-refractivity contribution in [1.82, 2.24) is 9.62 Å². The van der Waals surface area contributed by atoms with Crippen LogP contribution >= 0.6 is 0 Å². The third-order valence-electron chi connectivity index (χ3n) is 6.66. The van der Waals surface area contributed by atoms with Crippen LogP contribution in [-0.2, 0) is 26.3 Å². The molecule has 5 rings (SSSR count). The summed E-state index contributed by atoms with van der Waals surface area (Å²) in [5, 5.41) is 0.709. The van der Waals surface area contributed by atoms with E-state index in [1.54, 1.807) is 23.1 Å². The van der Waals surface area contributed by atoms with Crippen molar-refractivity contribution in [2.75, 3.05) is 23.9 Å². The van der Waals surface area contributed by atoms with Crippen LogP contribution in [-0.4, -0.2) is 50.6 Å². The summed E-state index contributed by atoms with van der Waals surface area (Å²) in [7, 11) is -4.29. The average molecular weight is 556 g/mol. The molecular formula is C28H30FN3O6S. The Morgan fingerprint density at radius 1 is 1.13 bits per heavy atom. The average Bonchev–Trinajstić information content (AvgIpc) is 3.46. The van der Waals surface area contributed by atoms with Gasteiger partial charge in [0.05, 0.1) is 0 Å². The highest BCUT2D eigenvalue weighted by Gasteiger charge is 2.38. The van der Waals surface area contributed by atoms with Crippen molar-refractivity contribution in [3.8, 4) is 5.75 Å². The highest BCUT2D eigenvalue weighted by molar-refractivity contribution is 7.92. The first-order valence-electron chi connectivity index (χ1n) is 12.7. The molecule has 0 spiro atoms. The summed E-state index contributed by atoms with van der Waals surface area (Å²) in [6, 6.07) is 16.1. The van der Waals surface area contributed by atoms with Crippen molar-refractivity contribution in [1.29, 1.82) is 0 Å². The van der Waals surface area contributed by atoms with Gasteiger partial charge in [0.15, 0.2) is 5.82 Å². The standard InChI is InChI=1S/C28H30FN3O6S/c1-28(2,3)38-27(34)31-12-11-21(15-31)19-9-10-20-14-23(37-17-18-7-5-4-6-8-18)26(25(29)22(20)13-19)32-16-24(33)30-39(32,35)36/h4-10,13-14,21H,11-12,15-17H2,1-3H3,(H,30,33)/t21-/m1/s1. The molecular weight excluding hydrogens is 525 g/mol. The molecule has 2 saturated heterocycles. The highest BCUT2D eigenvalue weighted by Crippen LogP contribution is 2.41. The molecule has 2 heterocycles. The summed E-state index contributed by atoms with van der Waals surface area (Å²) < 4.78 is 55.6. The predicted molar refractivity (Wildman–Crippen MR) is 144 cm³/mol. The molecule has 0 aliphatic carbocycles. The van der Waals surface area contributed by atoms with Gasteiger partial charge in [-0.1, -0.05) is 42.5 Å². The molecule has 39 heavy (non-hydrogen) atoms. The van der Waals surface area contributed by atoms with Gasteiger partial charge in [0, 0.05) is 24.4 Å². The number of benzene rings is 3. The van der Waals surface area contributed by atoms with E-state index in [9.17, 15) is 18.0 Å². The summed E-state index contributed by atoms with van der Waals surface area (Å²) in [6.45, 7) is 5.88. The van der Waals surface area contributed by atoms with Gasteiger partial charge >= 0.3 is 16.3 Å². The van der Waals surface area contributed by atoms with Crippen LogP contribution in [0.3, 0.4) is 0 Å². The Kier molecular flexibility index (Phi) is 6.88. The van der Waals surface area contributed by atoms with Crippen molar-refractivity contribution in [2.24, 2.45) is 0 Å². The van der Waals surface area contributed by atoms with Crippen LogP contribution in [0.25, 0.3) is 10.8 Å². The number of rotatable bonds is 5. The zero-order valence-corrected chi connectivity index (χ0v) is 22.8. The number of ether oxygens (including phenoxy) is 2. The summed E-state index contributed by atoms with van der Waals surface area (Å²) in [4.78, 5) is 26.1. The van der Waals surface area contributed by atoms with Crippen LogP contribution in [0, 0.1) is 5.82 Å². The number of hydrogen-bond donors (Lipinski definition) is 1. The van der Waals surface area contributed by atoms with E-state index in [1.165, 1.54) is 0 Å². The second-order valence-corrected chi connectivity index (χ2v) is 12.3. The third kappa shape index (κ3) is 5.63. The minimum Gasteiger partial charge on any atom is -0.487 e. The maximum atomic E-state index is 16.2. The summed E-state index contributed by atoms with van der Waals surface area (Å²) >= 11 is 0. The first kappa shape index (κ1) is 26.7. The smallest absolute Gasteiger partial charge is 0.410 e. The zero-order valence-electron chi connectivity index (χ0n) is 21.9. The maximum Gasteiger partial charge on any atom is 0.410 e. The van der Waals surface area contributed by atoms with Crippen molar-refractivity contribution in [3.63, 3.8) is 0 Å². The Labute approximate surface area is 226 Å². The van der Waals surface area contributed by atoms with E-state index >= 15 is 4.39 Å². The van der Waals surface area contributed by atoms with Crippen molar-refractivity contribution < 1.29 is 31.9 Å². The zero-order chi connectivity index (χ0) is 27.9. The number of hydrogen-bond acceptors (Lipinski definition) is 6. The van der Waals surface area contributed by atoms with E-state index in [4.69, 9.17) is 9.47 Å². The van der Waals surface area contributed by atoms with Gasteiger partial charge in [-0.15, -0.1) is 0 Å². The number of likely N-dealkylation sites (tertiary alicyclic amines) is 1. The molecule has 0 aromatic heterocycles. The van der Waals surface area contributed by atoms with Gasteiger partial charge in [0.25, 0.3) is 5.91 Å². The second-order valence-electron chi connectivity index (χ2n) is 10.7. The van der Waals surface area contributed by atoms with Gasteiger partial charge < -0.3 is 14.4 Å². The fourth-order valence-electron chi connectivity index (χ4n) is 4.84. The van der Waals surface area contributed by atoms with E-state index in [0.29, 0.717) is 29.2 Å². The summed E-state index contributed by atoms with van der Waals surface area (Å²) in [6.07, 6.45) is 0.284. The van der Waals surface area contributed by atoms with E-state index in [-0.39, 0.29) is 29.3 Å². The molecule has 2 aliphatic rings. The largest absolute Gasteiger partial charge is 0.487 e. The minimum atomic E-state index is -4.29. The van der Waals surface area contributed by atoms with Gasteiger partial charge in [-0.2, -0.15) is 8.42 Å². The molecule has 0 bridgehead atoms. The molecule has 11 heteroatoms. The van der Waals surface area contributed by atoms with Crippen LogP contribution in [0.15, 0.2) is 54.6 Å². The SMILES string of the molecule is CC(C)(C)OC(=O)N1CC[C@@H](c2ccc3cc(OCc4ccccc4)c(N4CC(=O)NS4(=O)=O)c(F)c3c2)C1. The third-order valence-corrected chi connectivity index (χ3v) is 8.04. The maximum absolute atomic E-state index is 16.2. The van der Waals surface area contributed by atoms with Crippen LogP contribution in [0.2, 0.25) is 0 Å². The fraction of sp³-hybridized carbons (Fsp3) is 0.357. The van der Waals surface area contributed by atoms with Gasteiger partial charge in [-0.05, 0) is 55.8 Å². The van der Waals surface area contributed by atoms with Gasteiger partial charge in [-0.25, -0.2) is 18.2 Å². The lowest BCUT2D eigenvalue weighted by molar-refractivity contribution is -0.117. The molecule has 206 valence electrons. The highest BCUT2D eigenvalue weighted by atomic mass is 32.2. The Bertz CT molecular complexity index is 1540. The number of anilines is 1. The lowest BCUT2D eigenvalue weighted by Gasteiger charge is -2.24. The number of fused-ring (bicyclic) bond motifs is 1. The Morgan fingerprint density at radius 2 is 1.87 bits per heavy atom. The van der Waals surface area contributed by atoms with Crippen LogP contribution < -0.4 is 13.8 Å². The van der Waals surface area contributed by atoms with Crippen molar-refractivity contribution in [2.45, 2.75) is 45.3 Å². The molecule has 3 aromatic rings. The van der Waals surface area contributed by atoms with E-state index in [1.807, 2.05) is 61.9 Å². The Balaban J connectivity index is 1.50. The normalized spacial score (nSPS) is 18.9. The molecule has 0 unspecified atom stereocenters. The second kappa shape index (κ2) is 10.0. The quantitative estimate of drug-likeness (QED) is 0.498. The number of halogens is 1. The number of nitrogens with zero attached hydrogens (tertiary/aromatic N) is 2. The molecule has 2 fully saturated rings. The molecule has 3 aromatic carbocycles. The van der Waals surface area contributed by atoms with Crippen LogP contribution in [0.1, 0.15) is 44.2 Å². The van der Waals surface area contributed by atoms with E-state index in [2.05, 4.69) is 0 Å². The molecule has 1 atom stereocenters. The van der Waals surface area contributed by atoms with Crippen LogP contribution in [0.4, 0.5) is 14.9 Å². The Hall–Kier alpha value is -3.86. The molecule has 2 amide bonds. The molecule has 2 aliphatic heterocycles. The first-order chi connectivity index (χ1) is 18.4. The lowest BCUT2D eigenvalue weighted by atomic mass is 9.95. The van der Waals surface area contributed by atoms with Gasteiger partial charge in [0.1, 0.15) is 30.2 Å². The summed E-state index contributed by atoms with van der Waals surface area (Å²) in [5.74, 6) is -1.60. The number of nitrogens with one attached hydrogen (secondary N) is 1. The van der Waals surface area contributed by atoms with Gasteiger partial charge in [-0.3, -0.25) is 4.79 Å². The molecule has 9 nitrogen and oxygen atoms in total. The monoisotopic (exact) mass is 555 g/mol. The minimum absolute atomic E-state index is 0.00800. The van der Waals surface area contributed by atoms with Gasteiger partial charge in [0.2, 0.25) is 0 Å². The molecule has 1 N–H and O–H groups in total. The summed E-state index contributed by atoms with van der Waals surface area (Å²) in [5.41, 5.74) is 0.698. The molecule has 0 saturated carbocycles. The predicted octanol–water partition coefficient (Wildman–Crippen LogP) is 4.46. The van der Waals surface area contributed by atoms with Crippen molar-refractivity contribution >= 4 is 38.7 Å². The lowest BCUT2D eigenvalue weighted by Crippen LogP contribution is -2.35. The number of amides is 2.